The number of ether oxygens (including phenoxy) is 2. The van der Waals surface area contributed by atoms with Crippen LogP contribution in [0.5, 0.6) is 0 Å². The summed E-state index contributed by atoms with van der Waals surface area (Å²) in [5.74, 6) is -4.48. The molecule has 22 heavy (non-hydrogen) atoms. The van der Waals surface area contributed by atoms with Crippen molar-refractivity contribution in [3.05, 3.63) is 47.2 Å². The predicted octanol–water partition coefficient (Wildman–Crippen LogP) is 2.12. The second kappa shape index (κ2) is 5.75. The first-order valence-electron chi connectivity index (χ1n) is 6.51. The van der Waals surface area contributed by atoms with Crippen molar-refractivity contribution >= 4 is 11.9 Å². The Morgan fingerprint density at radius 3 is 2.50 bits per heavy atom. The highest BCUT2D eigenvalue weighted by molar-refractivity contribution is 5.97. The number of esters is 1. The number of halogens is 2. The molecule has 1 aliphatic rings. The first-order valence-corrected chi connectivity index (χ1v) is 6.51. The van der Waals surface area contributed by atoms with Gasteiger partial charge in [-0.15, -0.1) is 0 Å². The summed E-state index contributed by atoms with van der Waals surface area (Å²) in [4.78, 5) is 24.8. The van der Waals surface area contributed by atoms with Gasteiger partial charge >= 0.3 is 5.97 Å². The Balaban J connectivity index is 2.06. The molecule has 0 unspecified atom stereocenters. The fraction of sp³-hybridized carbons (Fsp3) is 0.333. The van der Waals surface area contributed by atoms with Crippen LogP contribution in [-0.4, -0.2) is 29.6 Å². The molecule has 0 radical (unpaired) electrons. The van der Waals surface area contributed by atoms with E-state index in [1.165, 1.54) is 18.0 Å². The second-order valence-electron chi connectivity index (χ2n) is 5.34. The monoisotopic (exact) mass is 311 g/mol. The van der Waals surface area contributed by atoms with Gasteiger partial charge in [0.2, 0.25) is 11.5 Å². The van der Waals surface area contributed by atoms with Gasteiger partial charge in [0.15, 0.2) is 11.6 Å². The van der Waals surface area contributed by atoms with E-state index in [-0.39, 0.29) is 12.3 Å². The molecule has 1 aliphatic heterocycles. The molecule has 0 bridgehead atoms. The lowest BCUT2D eigenvalue weighted by atomic mass is 10.2. The van der Waals surface area contributed by atoms with E-state index >= 15 is 0 Å². The van der Waals surface area contributed by atoms with Crippen LogP contribution < -0.4 is 0 Å². The van der Waals surface area contributed by atoms with Crippen molar-refractivity contribution in [2.24, 2.45) is 0 Å². The fourth-order valence-corrected chi connectivity index (χ4v) is 1.90. The van der Waals surface area contributed by atoms with E-state index in [1.54, 1.807) is 13.8 Å². The Labute approximate surface area is 126 Å². The molecule has 1 aromatic rings. The van der Waals surface area contributed by atoms with Crippen LogP contribution in [0.1, 0.15) is 19.4 Å². The number of hydrogen-bond donors (Lipinski definition) is 0. The lowest BCUT2D eigenvalue weighted by Gasteiger charge is -2.16. The van der Waals surface area contributed by atoms with Crippen molar-refractivity contribution in [1.29, 1.82) is 0 Å². The van der Waals surface area contributed by atoms with Crippen molar-refractivity contribution < 1.29 is 27.8 Å². The molecular weight excluding hydrogens is 296 g/mol. The molecule has 0 atom stereocenters. The molecule has 0 N–H and O–H groups in total. The quantitative estimate of drug-likeness (QED) is 0.634. The number of benzene rings is 1. The van der Waals surface area contributed by atoms with Gasteiger partial charge in [-0.05, 0) is 17.7 Å². The number of carbonyl (C=O) groups excluding carboxylic acids is 2. The largest absolute Gasteiger partial charge is 0.445 e. The van der Waals surface area contributed by atoms with Gasteiger partial charge < -0.3 is 14.4 Å². The van der Waals surface area contributed by atoms with E-state index in [1.807, 2.05) is 0 Å². The van der Waals surface area contributed by atoms with E-state index in [0.29, 0.717) is 5.56 Å². The normalized spacial score (nSPS) is 18.0. The first kappa shape index (κ1) is 15.9. The van der Waals surface area contributed by atoms with Gasteiger partial charge in [-0.3, -0.25) is 4.79 Å². The minimum absolute atomic E-state index is 0.0538. The average Bonchev–Trinajstić information content (AvgIpc) is 2.66. The summed E-state index contributed by atoms with van der Waals surface area (Å²) >= 11 is 0. The zero-order chi connectivity index (χ0) is 16.5. The van der Waals surface area contributed by atoms with Gasteiger partial charge in [0, 0.05) is 27.4 Å². The summed E-state index contributed by atoms with van der Waals surface area (Å²) in [6, 6.07) is 3.37. The highest BCUT2D eigenvalue weighted by Gasteiger charge is 2.37. The van der Waals surface area contributed by atoms with Crippen LogP contribution in [0.3, 0.4) is 0 Å². The Kier molecular flexibility index (Phi) is 4.16. The summed E-state index contributed by atoms with van der Waals surface area (Å²) in [5, 5.41) is 0. The van der Waals surface area contributed by atoms with Crippen LogP contribution in [0.25, 0.3) is 0 Å². The third kappa shape index (κ3) is 3.60. The van der Waals surface area contributed by atoms with E-state index in [0.717, 1.165) is 18.2 Å². The average molecular weight is 311 g/mol. The van der Waals surface area contributed by atoms with Gasteiger partial charge in [0.05, 0.1) is 6.08 Å². The molecule has 0 saturated carbocycles. The van der Waals surface area contributed by atoms with Crippen LogP contribution >= 0.6 is 0 Å². The van der Waals surface area contributed by atoms with Crippen LogP contribution in [-0.2, 0) is 25.6 Å². The molecule has 1 amide bonds. The van der Waals surface area contributed by atoms with Crippen LogP contribution in [0.4, 0.5) is 8.78 Å². The lowest BCUT2D eigenvalue weighted by Crippen LogP contribution is -2.25. The maximum Gasteiger partial charge on any atom is 0.377 e. The molecule has 0 aromatic heterocycles. The molecule has 1 fully saturated rings. The Bertz CT molecular complexity index is 655. The molecular formula is C15H15F2NO4. The van der Waals surface area contributed by atoms with E-state index in [2.05, 4.69) is 0 Å². The summed E-state index contributed by atoms with van der Waals surface area (Å²) in [6.07, 6.45) is 1.01. The third-order valence-corrected chi connectivity index (χ3v) is 2.93. The number of amides is 1. The molecule has 1 saturated heterocycles. The zero-order valence-electron chi connectivity index (χ0n) is 12.4. The molecule has 5 nitrogen and oxygen atoms in total. The SMILES string of the molecule is CN(Cc1ccc(F)c(F)c1)C(=O)C=C1OC(C)(C)OC1=O. The highest BCUT2D eigenvalue weighted by Crippen LogP contribution is 2.26. The predicted molar refractivity (Wildman–Crippen MR) is 72.2 cm³/mol. The number of rotatable bonds is 3. The minimum Gasteiger partial charge on any atom is -0.445 e. The molecule has 118 valence electrons. The van der Waals surface area contributed by atoms with Gasteiger partial charge in [0.25, 0.3) is 5.91 Å². The van der Waals surface area contributed by atoms with E-state index in [4.69, 9.17) is 9.47 Å². The molecule has 7 heteroatoms. The maximum atomic E-state index is 13.1. The van der Waals surface area contributed by atoms with Gasteiger partial charge in [-0.25, -0.2) is 13.6 Å². The van der Waals surface area contributed by atoms with E-state index in [9.17, 15) is 18.4 Å². The number of likely N-dealkylation sites (N-methyl/N-ethyl adjacent to an activating group) is 1. The van der Waals surface area contributed by atoms with Crippen molar-refractivity contribution in [3.8, 4) is 0 Å². The number of nitrogens with zero attached hydrogens (tertiary/aromatic N) is 1. The number of carbonyl (C=O) groups is 2. The van der Waals surface area contributed by atoms with Gasteiger partial charge in [-0.2, -0.15) is 0 Å². The second-order valence-corrected chi connectivity index (χ2v) is 5.34. The standard InChI is InChI=1S/C15H15F2NO4/c1-15(2)21-12(14(20)22-15)7-13(19)18(3)8-9-4-5-10(16)11(17)6-9/h4-7H,8H2,1-3H3. The van der Waals surface area contributed by atoms with Crippen molar-refractivity contribution in [3.63, 3.8) is 0 Å². The summed E-state index contributed by atoms with van der Waals surface area (Å²) in [5.41, 5.74) is 0.420. The van der Waals surface area contributed by atoms with E-state index < -0.39 is 29.3 Å². The molecule has 0 spiro atoms. The summed E-state index contributed by atoms with van der Waals surface area (Å²) in [6.45, 7) is 3.14. The Hall–Kier alpha value is -2.44. The lowest BCUT2D eigenvalue weighted by molar-refractivity contribution is -0.159. The van der Waals surface area contributed by atoms with Crippen LogP contribution in [0.2, 0.25) is 0 Å². The van der Waals surface area contributed by atoms with Crippen molar-refractivity contribution in [1.82, 2.24) is 4.90 Å². The smallest absolute Gasteiger partial charge is 0.377 e. The van der Waals surface area contributed by atoms with Crippen molar-refractivity contribution in [2.45, 2.75) is 26.2 Å². The van der Waals surface area contributed by atoms with Crippen molar-refractivity contribution in [2.75, 3.05) is 7.05 Å². The maximum absolute atomic E-state index is 13.1. The molecule has 0 aliphatic carbocycles. The minimum atomic E-state index is -1.11. The number of cyclic esters (lactones) is 1. The summed E-state index contributed by atoms with van der Waals surface area (Å²) in [7, 11) is 1.46. The third-order valence-electron chi connectivity index (χ3n) is 2.93. The molecule has 2 rings (SSSR count). The highest BCUT2D eigenvalue weighted by atomic mass is 19.2. The Morgan fingerprint density at radius 2 is 1.95 bits per heavy atom. The Morgan fingerprint density at radius 1 is 1.27 bits per heavy atom. The van der Waals surface area contributed by atoms with Crippen LogP contribution in [0, 0.1) is 11.6 Å². The molecule has 1 heterocycles. The summed E-state index contributed by atoms with van der Waals surface area (Å²) < 4.78 is 36.1. The van der Waals surface area contributed by atoms with Crippen LogP contribution in [0.15, 0.2) is 30.0 Å². The first-order chi connectivity index (χ1) is 10.2. The van der Waals surface area contributed by atoms with Gasteiger partial charge in [0.1, 0.15) is 0 Å². The number of hydrogen-bond acceptors (Lipinski definition) is 4. The zero-order valence-corrected chi connectivity index (χ0v) is 12.4. The fourth-order valence-electron chi connectivity index (χ4n) is 1.90. The van der Waals surface area contributed by atoms with Gasteiger partial charge in [-0.1, -0.05) is 6.07 Å². The topological polar surface area (TPSA) is 55.8 Å². The molecule has 1 aromatic carbocycles.